The Bertz CT molecular complexity index is 534. The first-order chi connectivity index (χ1) is 9.20. The van der Waals surface area contributed by atoms with Crippen molar-refractivity contribution in [3.8, 4) is 5.75 Å². The van der Waals surface area contributed by atoms with Crippen molar-refractivity contribution in [2.75, 3.05) is 0 Å². The number of rotatable bonds is 5. The van der Waals surface area contributed by atoms with Gasteiger partial charge in [0.25, 0.3) is 0 Å². The van der Waals surface area contributed by atoms with Crippen LogP contribution in [0.3, 0.4) is 0 Å². The van der Waals surface area contributed by atoms with Gasteiger partial charge in [-0.15, -0.1) is 0 Å². The standard InChI is InChI=1S/C17H20O2/c1-3-16(18)15-9-4-5-10-17(15)19-12-14-8-6-7-13(2)11-14/h4-11,16,18H,3,12H2,1-2H3/t16-/m0/s1. The molecule has 0 heterocycles. The van der Waals surface area contributed by atoms with Gasteiger partial charge in [0.1, 0.15) is 12.4 Å². The molecule has 0 saturated heterocycles. The predicted molar refractivity (Wildman–Crippen MR) is 77.2 cm³/mol. The zero-order chi connectivity index (χ0) is 13.7. The predicted octanol–water partition coefficient (Wildman–Crippen LogP) is 4.02. The maximum Gasteiger partial charge on any atom is 0.125 e. The van der Waals surface area contributed by atoms with Crippen LogP contribution in [0.2, 0.25) is 0 Å². The lowest BCUT2D eigenvalue weighted by atomic mass is 10.1. The van der Waals surface area contributed by atoms with E-state index < -0.39 is 6.10 Å². The highest BCUT2D eigenvalue weighted by Gasteiger charge is 2.10. The molecule has 1 atom stereocenters. The summed E-state index contributed by atoms with van der Waals surface area (Å²) in [7, 11) is 0. The molecule has 0 aliphatic heterocycles. The Morgan fingerprint density at radius 1 is 1.11 bits per heavy atom. The van der Waals surface area contributed by atoms with E-state index in [0.717, 1.165) is 16.9 Å². The van der Waals surface area contributed by atoms with E-state index in [-0.39, 0.29) is 0 Å². The van der Waals surface area contributed by atoms with Gasteiger partial charge in [-0.25, -0.2) is 0 Å². The first kappa shape index (κ1) is 13.6. The highest BCUT2D eigenvalue weighted by atomic mass is 16.5. The average molecular weight is 256 g/mol. The molecule has 2 aromatic rings. The first-order valence-corrected chi connectivity index (χ1v) is 6.66. The van der Waals surface area contributed by atoms with Crippen LogP contribution in [0.4, 0.5) is 0 Å². The van der Waals surface area contributed by atoms with Crippen LogP contribution in [0, 0.1) is 6.92 Å². The van der Waals surface area contributed by atoms with Crippen molar-refractivity contribution in [1.29, 1.82) is 0 Å². The fraction of sp³-hybridized carbons (Fsp3) is 0.294. The van der Waals surface area contributed by atoms with Gasteiger partial charge in [0.15, 0.2) is 0 Å². The zero-order valence-corrected chi connectivity index (χ0v) is 11.5. The van der Waals surface area contributed by atoms with Crippen LogP contribution >= 0.6 is 0 Å². The van der Waals surface area contributed by atoms with Gasteiger partial charge >= 0.3 is 0 Å². The van der Waals surface area contributed by atoms with E-state index in [1.807, 2.05) is 43.3 Å². The highest BCUT2D eigenvalue weighted by Crippen LogP contribution is 2.27. The monoisotopic (exact) mass is 256 g/mol. The van der Waals surface area contributed by atoms with Gasteiger partial charge < -0.3 is 9.84 Å². The normalized spacial score (nSPS) is 12.2. The summed E-state index contributed by atoms with van der Waals surface area (Å²) in [5.41, 5.74) is 3.22. The van der Waals surface area contributed by atoms with Crippen molar-refractivity contribution >= 4 is 0 Å². The number of hydrogen-bond donors (Lipinski definition) is 1. The Morgan fingerprint density at radius 2 is 1.89 bits per heavy atom. The molecule has 0 spiro atoms. The maximum atomic E-state index is 9.97. The molecule has 2 rings (SSSR count). The van der Waals surface area contributed by atoms with Gasteiger partial charge in [-0.1, -0.05) is 55.0 Å². The third-order valence-electron chi connectivity index (χ3n) is 3.14. The molecule has 0 aromatic heterocycles. The number of aliphatic hydroxyl groups is 1. The summed E-state index contributed by atoms with van der Waals surface area (Å²) in [5, 5.41) is 9.97. The quantitative estimate of drug-likeness (QED) is 0.875. The van der Waals surface area contributed by atoms with Crippen molar-refractivity contribution in [3.63, 3.8) is 0 Å². The largest absolute Gasteiger partial charge is 0.489 e. The molecular formula is C17H20O2. The van der Waals surface area contributed by atoms with Gasteiger partial charge in [-0.05, 0) is 25.0 Å². The molecule has 0 fully saturated rings. The molecular weight excluding hydrogens is 236 g/mol. The van der Waals surface area contributed by atoms with Crippen LogP contribution < -0.4 is 4.74 Å². The van der Waals surface area contributed by atoms with Gasteiger partial charge in [-0.2, -0.15) is 0 Å². The summed E-state index contributed by atoms with van der Waals surface area (Å²) in [6, 6.07) is 15.9. The molecule has 0 aliphatic carbocycles. The molecule has 0 bridgehead atoms. The number of aliphatic hydroxyl groups excluding tert-OH is 1. The Balaban J connectivity index is 2.11. The van der Waals surface area contributed by atoms with Gasteiger partial charge in [-0.3, -0.25) is 0 Å². The molecule has 0 radical (unpaired) electrons. The second-order valence-corrected chi connectivity index (χ2v) is 4.74. The van der Waals surface area contributed by atoms with E-state index in [0.29, 0.717) is 13.0 Å². The van der Waals surface area contributed by atoms with Crippen molar-refractivity contribution in [1.82, 2.24) is 0 Å². The lowest BCUT2D eigenvalue weighted by Gasteiger charge is -2.15. The zero-order valence-electron chi connectivity index (χ0n) is 11.5. The average Bonchev–Trinajstić information content (AvgIpc) is 2.45. The van der Waals surface area contributed by atoms with Crippen molar-refractivity contribution in [2.24, 2.45) is 0 Å². The van der Waals surface area contributed by atoms with Crippen molar-refractivity contribution in [3.05, 3.63) is 65.2 Å². The third-order valence-corrected chi connectivity index (χ3v) is 3.14. The van der Waals surface area contributed by atoms with Crippen LogP contribution in [0.1, 0.15) is 36.1 Å². The fourth-order valence-electron chi connectivity index (χ4n) is 2.07. The molecule has 100 valence electrons. The number of benzene rings is 2. The summed E-state index contributed by atoms with van der Waals surface area (Å²) in [6.07, 6.45) is 0.221. The van der Waals surface area contributed by atoms with Crippen LogP contribution in [-0.4, -0.2) is 5.11 Å². The number of aryl methyl sites for hydroxylation is 1. The topological polar surface area (TPSA) is 29.5 Å². The van der Waals surface area contributed by atoms with Gasteiger partial charge in [0, 0.05) is 5.56 Å². The first-order valence-electron chi connectivity index (χ1n) is 6.66. The molecule has 2 heteroatoms. The molecule has 2 aromatic carbocycles. The summed E-state index contributed by atoms with van der Waals surface area (Å²) in [4.78, 5) is 0. The second-order valence-electron chi connectivity index (χ2n) is 4.74. The van der Waals surface area contributed by atoms with Gasteiger partial charge in [0.05, 0.1) is 6.10 Å². The second kappa shape index (κ2) is 6.39. The lowest BCUT2D eigenvalue weighted by Crippen LogP contribution is -2.02. The Labute approximate surface area is 114 Å². The summed E-state index contributed by atoms with van der Waals surface area (Å²) >= 11 is 0. The molecule has 0 aliphatic rings. The Kier molecular flexibility index (Phi) is 4.58. The molecule has 0 unspecified atom stereocenters. The molecule has 2 nitrogen and oxygen atoms in total. The third kappa shape index (κ3) is 3.58. The summed E-state index contributed by atoms with van der Waals surface area (Å²) < 4.78 is 5.84. The molecule has 0 saturated carbocycles. The highest BCUT2D eigenvalue weighted by molar-refractivity contribution is 5.35. The molecule has 1 N–H and O–H groups in total. The minimum absolute atomic E-state index is 0.464. The van der Waals surface area contributed by atoms with E-state index in [9.17, 15) is 5.11 Å². The van der Waals surface area contributed by atoms with E-state index in [1.165, 1.54) is 5.56 Å². The van der Waals surface area contributed by atoms with Crippen molar-refractivity contribution in [2.45, 2.75) is 33.0 Å². The minimum atomic E-state index is -0.464. The molecule has 19 heavy (non-hydrogen) atoms. The van der Waals surface area contributed by atoms with E-state index in [2.05, 4.69) is 19.1 Å². The lowest BCUT2D eigenvalue weighted by molar-refractivity contribution is 0.166. The van der Waals surface area contributed by atoms with E-state index in [4.69, 9.17) is 4.74 Å². The minimum Gasteiger partial charge on any atom is -0.489 e. The summed E-state index contributed by atoms with van der Waals surface area (Å²) in [5.74, 6) is 0.762. The van der Waals surface area contributed by atoms with Crippen LogP contribution in [0.15, 0.2) is 48.5 Å². The maximum absolute atomic E-state index is 9.97. The van der Waals surface area contributed by atoms with E-state index >= 15 is 0 Å². The van der Waals surface area contributed by atoms with Crippen LogP contribution in [-0.2, 0) is 6.61 Å². The SMILES string of the molecule is CC[C@H](O)c1ccccc1OCc1cccc(C)c1. The fourth-order valence-corrected chi connectivity index (χ4v) is 2.07. The van der Waals surface area contributed by atoms with Gasteiger partial charge in [0.2, 0.25) is 0 Å². The number of para-hydroxylation sites is 1. The molecule has 0 amide bonds. The summed E-state index contributed by atoms with van der Waals surface area (Å²) in [6.45, 7) is 4.55. The Hall–Kier alpha value is -1.80. The number of ether oxygens (including phenoxy) is 1. The van der Waals surface area contributed by atoms with Crippen LogP contribution in [0.25, 0.3) is 0 Å². The van der Waals surface area contributed by atoms with Crippen molar-refractivity contribution < 1.29 is 9.84 Å². The smallest absolute Gasteiger partial charge is 0.125 e. The van der Waals surface area contributed by atoms with Crippen LogP contribution in [0.5, 0.6) is 5.75 Å². The van der Waals surface area contributed by atoms with E-state index in [1.54, 1.807) is 0 Å². The number of hydrogen-bond acceptors (Lipinski definition) is 2. The Morgan fingerprint density at radius 3 is 2.63 bits per heavy atom.